The van der Waals surface area contributed by atoms with Crippen LogP contribution in [0.2, 0.25) is 10.0 Å². The van der Waals surface area contributed by atoms with Crippen LogP contribution in [0.15, 0.2) is 42.5 Å². The highest BCUT2D eigenvalue weighted by atomic mass is 35.5. The largest absolute Gasteiger partial charge is 0.491 e. The molecule has 2 aromatic rings. The molecule has 0 aliphatic carbocycles. The van der Waals surface area contributed by atoms with E-state index in [-0.39, 0.29) is 6.61 Å². The first kappa shape index (κ1) is 16.0. The Morgan fingerprint density at radius 2 is 1.95 bits per heavy atom. The highest BCUT2D eigenvalue weighted by molar-refractivity contribution is 6.33. The number of halogens is 2. The van der Waals surface area contributed by atoms with E-state index >= 15 is 0 Å². The predicted octanol–water partition coefficient (Wildman–Crippen LogP) is 4.15. The second kappa shape index (κ2) is 7.55. The molecular formula is C16H17Cl2NO2. The minimum absolute atomic E-state index is 0.177. The van der Waals surface area contributed by atoms with Gasteiger partial charge in [-0.15, -0.1) is 0 Å². The average Bonchev–Trinajstić information content (AvgIpc) is 2.45. The fourth-order valence-corrected chi connectivity index (χ4v) is 2.35. The van der Waals surface area contributed by atoms with E-state index in [0.717, 1.165) is 11.3 Å². The molecule has 1 atom stereocenters. The van der Waals surface area contributed by atoms with Gasteiger partial charge in [0, 0.05) is 11.6 Å². The maximum atomic E-state index is 9.96. The Morgan fingerprint density at radius 3 is 2.67 bits per heavy atom. The molecule has 0 aromatic heterocycles. The van der Waals surface area contributed by atoms with Gasteiger partial charge in [-0.1, -0.05) is 41.4 Å². The molecule has 0 fully saturated rings. The zero-order valence-electron chi connectivity index (χ0n) is 11.6. The lowest BCUT2D eigenvalue weighted by Gasteiger charge is -2.16. The lowest BCUT2D eigenvalue weighted by Crippen LogP contribution is -2.26. The SMILES string of the molecule is Cc1cccc(Cl)c1NCC(O)COc1cccc(Cl)c1. The quantitative estimate of drug-likeness (QED) is 0.838. The smallest absolute Gasteiger partial charge is 0.120 e. The van der Waals surface area contributed by atoms with Crippen molar-refractivity contribution in [3.63, 3.8) is 0 Å². The molecule has 0 amide bonds. The van der Waals surface area contributed by atoms with E-state index in [1.165, 1.54) is 0 Å². The zero-order chi connectivity index (χ0) is 15.2. The van der Waals surface area contributed by atoms with Crippen LogP contribution in [0.1, 0.15) is 5.56 Å². The van der Waals surface area contributed by atoms with Crippen molar-refractivity contribution in [2.24, 2.45) is 0 Å². The van der Waals surface area contributed by atoms with Gasteiger partial charge in [0.05, 0.1) is 10.7 Å². The minimum Gasteiger partial charge on any atom is -0.491 e. The van der Waals surface area contributed by atoms with Gasteiger partial charge in [-0.2, -0.15) is 0 Å². The van der Waals surface area contributed by atoms with Crippen LogP contribution < -0.4 is 10.1 Å². The van der Waals surface area contributed by atoms with Crippen molar-refractivity contribution >= 4 is 28.9 Å². The standard InChI is InChI=1S/C16H17Cl2NO2/c1-11-4-2-7-15(18)16(11)19-9-13(20)10-21-14-6-3-5-12(17)8-14/h2-8,13,19-20H,9-10H2,1H3. The molecule has 21 heavy (non-hydrogen) atoms. The Bertz CT molecular complexity index is 584. The van der Waals surface area contributed by atoms with Crippen molar-refractivity contribution in [1.82, 2.24) is 0 Å². The van der Waals surface area contributed by atoms with E-state index in [2.05, 4.69) is 5.32 Å². The summed E-state index contributed by atoms with van der Waals surface area (Å²) in [4.78, 5) is 0. The lowest BCUT2D eigenvalue weighted by molar-refractivity contribution is 0.117. The van der Waals surface area contributed by atoms with Gasteiger partial charge in [0.15, 0.2) is 0 Å². The second-order valence-corrected chi connectivity index (χ2v) is 5.58. The van der Waals surface area contributed by atoms with Crippen molar-refractivity contribution in [2.45, 2.75) is 13.0 Å². The molecule has 2 aromatic carbocycles. The van der Waals surface area contributed by atoms with Crippen LogP contribution in [0.5, 0.6) is 5.75 Å². The molecule has 0 heterocycles. The number of nitrogens with one attached hydrogen (secondary N) is 1. The van der Waals surface area contributed by atoms with Gasteiger partial charge < -0.3 is 15.2 Å². The number of hydrogen-bond donors (Lipinski definition) is 2. The van der Waals surface area contributed by atoms with Gasteiger partial charge in [0.1, 0.15) is 18.5 Å². The molecule has 0 aliphatic rings. The van der Waals surface area contributed by atoms with Gasteiger partial charge in [-0.3, -0.25) is 0 Å². The van der Waals surface area contributed by atoms with Crippen molar-refractivity contribution in [2.75, 3.05) is 18.5 Å². The molecule has 0 aliphatic heterocycles. The Morgan fingerprint density at radius 1 is 1.19 bits per heavy atom. The number of anilines is 1. The number of rotatable bonds is 6. The van der Waals surface area contributed by atoms with Crippen molar-refractivity contribution < 1.29 is 9.84 Å². The van der Waals surface area contributed by atoms with Crippen molar-refractivity contribution in [3.8, 4) is 5.75 Å². The van der Waals surface area contributed by atoms with E-state index in [4.69, 9.17) is 27.9 Å². The zero-order valence-corrected chi connectivity index (χ0v) is 13.2. The molecule has 0 bridgehead atoms. The lowest BCUT2D eigenvalue weighted by atomic mass is 10.2. The molecule has 3 nitrogen and oxygen atoms in total. The van der Waals surface area contributed by atoms with Crippen LogP contribution in [0.4, 0.5) is 5.69 Å². The summed E-state index contributed by atoms with van der Waals surface area (Å²) in [6, 6.07) is 12.7. The van der Waals surface area contributed by atoms with Crippen LogP contribution in [0, 0.1) is 6.92 Å². The Balaban J connectivity index is 1.84. The van der Waals surface area contributed by atoms with Crippen molar-refractivity contribution in [3.05, 3.63) is 58.1 Å². The summed E-state index contributed by atoms with van der Waals surface area (Å²) in [5.41, 5.74) is 1.87. The monoisotopic (exact) mass is 325 g/mol. The molecule has 2 N–H and O–H groups in total. The van der Waals surface area contributed by atoms with Gasteiger partial charge in [-0.05, 0) is 36.8 Å². The second-order valence-electron chi connectivity index (χ2n) is 4.73. The van der Waals surface area contributed by atoms with Crippen LogP contribution in [0.25, 0.3) is 0 Å². The molecule has 0 saturated heterocycles. The maximum Gasteiger partial charge on any atom is 0.120 e. The molecule has 1 unspecified atom stereocenters. The Hall–Kier alpha value is -1.42. The highest BCUT2D eigenvalue weighted by Gasteiger charge is 2.08. The molecule has 2 rings (SSSR count). The fourth-order valence-electron chi connectivity index (χ4n) is 1.88. The number of aliphatic hydroxyl groups is 1. The molecule has 0 spiro atoms. The van der Waals surface area contributed by atoms with Crippen LogP contribution >= 0.6 is 23.2 Å². The first-order valence-electron chi connectivity index (χ1n) is 6.61. The summed E-state index contributed by atoms with van der Waals surface area (Å²) in [6.07, 6.45) is -0.653. The van der Waals surface area contributed by atoms with E-state index in [1.54, 1.807) is 24.3 Å². The van der Waals surface area contributed by atoms with Gasteiger partial charge in [0.2, 0.25) is 0 Å². The third-order valence-electron chi connectivity index (χ3n) is 2.97. The van der Waals surface area contributed by atoms with E-state index in [9.17, 15) is 5.11 Å². The first-order valence-corrected chi connectivity index (χ1v) is 7.37. The normalized spacial score (nSPS) is 12.0. The molecule has 0 saturated carbocycles. The van der Waals surface area contributed by atoms with E-state index in [1.807, 2.05) is 25.1 Å². The number of ether oxygens (including phenoxy) is 1. The fraction of sp³-hybridized carbons (Fsp3) is 0.250. The van der Waals surface area contributed by atoms with Crippen LogP contribution in [-0.2, 0) is 0 Å². The van der Waals surface area contributed by atoms with Gasteiger partial charge in [0.25, 0.3) is 0 Å². The third-order valence-corrected chi connectivity index (χ3v) is 3.52. The van der Waals surface area contributed by atoms with Gasteiger partial charge in [-0.25, -0.2) is 0 Å². The summed E-state index contributed by atoms with van der Waals surface area (Å²) in [5.74, 6) is 0.635. The van der Waals surface area contributed by atoms with E-state index < -0.39 is 6.10 Å². The van der Waals surface area contributed by atoms with Gasteiger partial charge >= 0.3 is 0 Å². The number of benzene rings is 2. The van der Waals surface area contributed by atoms with Crippen LogP contribution in [0.3, 0.4) is 0 Å². The topological polar surface area (TPSA) is 41.5 Å². The summed E-state index contributed by atoms with van der Waals surface area (Å²) in [6.45, 7) is 2.49. The Kier molecular flexibility index (Phi) is 5.74. The molecular weight excluding hydrogens is 309 g/mol. The highest BCUT2D eigenvalue weighted by Crippen LogP contribution is 2.25. The Labute approximate surface area is 134 Å². The van der Waals surface area contributed by atoms with E-state index in [0.29, 0.717) is 22.3 Å². The summed E-state index contributed by atoms with van der Waals surface area (Å²) in [5, 5.41) is 14.3. The predicted molar refractivity (Wildman–Crippen MR) is 87.6 cm³/mol. The molecule has 0 radical (unpaired) electrons. The summed E-state index contributed by atoms with van der Waals surface area (Å²) < 4.78 is 5.49. The average molecular weight is 326 g/mol. The molecule has 5 heteroatoms. The summed E-state index contributed by atoms with van der Waals surface area (Å²) >= 11 is 12.0. The number of aryl methyl sites for hydroxylation is 1. The number of hydrogen-bond acceptors (Lipinski definition) is 3. The first-order chi connectivity index (χ1) is 10.1. The van der Waals surface area contributed by atoms with Crippen molar-refractivity contribution in [1.29, 1.82) is 0 Å². The number of para-hydroxylation sites is 1. The third kappa shape index (κ3) is 4.81. The molecule has 112 valence electrons. The number of aliphatic hydroxyl groups excluding tert-OH is 1. The van der Waals surface area contributed by atoms with Crippen LogP contribution in [-0.4, -0.2) is 24.4 Å². The minimum atomic E-state index is -0.653. The summed E-state index contributed by atoms with van der Waals surface area (Å²) in [7, 11) is 0. The maximum absolute atomic E-state index is 9.96.